The molecule has 0 bridgehead atoms. The maximum atomic E-state index is 13.2. The number of benzene rings is 2. The van der Waals surface area contributed by atoms with E-state index in [1.54, 1.807) is 12.1 Å². The summed E-state index contributed by atoms with van der Waals surface area (Å²) >= 11 is 0. The molecule has 2 heterocycles. The van der Waals surface area contributed by atoms with Gasteiger partial charge in [0.25, 0.3) is 5.91 Å². The molecule has 1 N–H and O–H groups in total. The van der Waals surface area contributed by atoms with Crippen LogP contribution in [-0.2, 0) is 33.7 Å². The molecule has 0 aliphatic carbocycles. The van der Waals surface area contributed by atoms with Crippen LogP contribution < -0.4 is 10.1 Å². The van der Waals surface area contributed by atoms with E-state index in [4.69, 9.17) is 4.74 Å². The third kappa shape index (κ3) is 4.97. The van der Waals surface area contributed by atoms with Crippen molar-refractivity contribution in [2.45, 2.75) is 23.9 Å². The van der Waals surface area contributed by atoms with Crippen molar-refractivity contribution < 1.29 is 44.3 Å². The molecule has 1 amide bonds. The van der Waals surface area contributed by atoms with Gasteiger partial charge in [-0.3, -0.25) is 4.79 Å². The molecule has 0 atom stereocenters. The van der Waals surface area contributed by atoms with Gasteiger partial charge in [0.05, 0.1) is 41.1 Å². The molecule has 2 aromatic carbocycles. The molecule has 0 saturated heterocycles. The summed E-state index contributed by atoms with van der Waals surface area (Å²) in [5.74, 6) is -1.95. The van der Waals surface area contributed by atoms with Crippen LogP contribution in [0.15, 0.2) is 42.5 Å². The van der Waals surface area contributed by atoms with Crippen LogP contribution >= 0.6 is 0 Å². The molecule has 14 heteroatoms. The molecule has 1 aliphatic heterocycles. The number of hydrogen-bond acceptors (Lipinski definition) is 5. The first-order valence-electron chi connectivity index (χ1n) is 9.74. The van der Waals surface area contributed by atoms with Crippen molar-refractivity contribution in [2.75, 3.05) is 12.4 Å². The van der Waals surface area contributed by atoms with Gasteiger partial charge in [0.15, 0.2) is 9.84 Å². The Bertz CT molecular complexity index is 1380. The number of carbonyl (C=O) groups excluding carboxylic acids is 1. The predicted molar refractivity (Wildman–Crippen MR) is 111 cm³/mol. The zero-order valence-electron chi connectivity index (χ0n) is 17.7. The molecule has 186 valence electrons. The number of ether oxygens (including phenoxy) is 1. The van der Waals surface area contributed by atoms with E-state index in [1.807, 2.05) is 0 Å². The number of carbonyl (C=O) groups is 1. The van der Waals surface area contributed by atoms with Gasteiger partial charge in [-0.2, -0.15) is 31.4 Å². The van der Waals surface area contributed by atoms with Crippen molar-refractivity contribution in [2.24, 2.45) is 0 Å². The van der Waals surface area contributed by atoms with Crippen molar-refractivity contribution in [3.63, 3.8) is 0 Å². The average molecular weight is 519 g/mol. The van der Waals surface area contributed by atoms with Crippen LogP contribution in [0.3, 0.4) is 0 Å². The summed E-state index contributed by atoms with van der Waals surface area (Å²) in [6, 6.07) is 6.63. The van der Waals surface area contributed by atoms with Gasteiger partial charge in [-0.05, 0) is 42.5 Å². The SMILES string of the molecule is COc1ccc(-n2nc3c(c2NC(=O)c2cc(C(F)(F)F)cc(C(F)(F)F)c2)CS(=O)(=O)C3)cc1. The highest BCUT2D eigenvalue weighted by Crippen LogP contribution is 2.37. The van der Waals surface area contributed by atoms with Gasteiger partial charge in [-0.15, -0.1) is 0 Å². The number of hydrogen-bond donors (Lipinski definition) is 1. The molecule has 0 fully saturated rings. The van der Waals surface area contributed by atoms with E-state index in [-0.39, 0.29) is 35.3 Å². The number of sulfone groups is 1. The lowest BCUT2D eigenvalue weighted by atomic mass is 10.0. The van der Waals surface area contributed by atoms with E-state index in [0.29, 0.717) is 11.4 Å². The van der Waals surface area contributed by atoms with Gasteiger partial charge >= 0.3 is 12.4 Å². The number of halogens is 6. The van der Waals surface area contributed by atoms with Crippen molar-refractivity contribution in [3.8, 4) is 11.4 Å². The van der Waals surface area contributed by atoms with E-state index in [1.165, 1.54) is 19.2 Å². The fourth-order valence-corrected chi connectivity index (χ4v) is 5.04. The second-order valence-corrected chi connectivity index (χ2v) is 9.73. The van der Waals surface area contributed by atoms with E-state index in [0.717, 1.165) is 4.68 Å². The lowest BCUT2D eigenvalue weighted by molar-refractivity contribution is -0.143. The van der Waals surface area contributed by atoms with Gasteiger partial charge in [0.2, 0.25) is 0 Å². The quantitative estimate of drug-likeness (QED) is 0.509. The van der Waals surface area contributed by atoms with Gasteiger partial charge in [-0.1, -0.05) is 0 Å². The maximum Gasteiger partial charge on any atom is 0.416 e. The van der Waals surface area contributed by atoms with Crippen LogP contribution in [0.4, 0.5) is 32.2 Å². The van der Waals surface area contributed by atoms with Crippen LogP contribution in [0.5, 0.6) is 5.75 Å². The molecule has 0 radical (unpaired) electrons. The Hall–Kier alpha value is -3.55. The number of methoxy groups -OCH3 is 1. The fraction of sp³-hybridized carbons (Fsp3) is 0.238. The lowest BCUT2D eigenvalue weighted by Crippen LogP contribution is -2.19. The van der Waals surface area contributed by atoms with Crippen molar-refractivity contribution in [1.29, 1.82) is 0 Å². The molecule has 0 unspecified atom stereocenters. The largest absolute Gasteiger partial charge is 0.497 e. The smallest absolute Gasteiger partial charge is 0.416 e. The number of rotatable bonds is 4. The molecule has 1 aromatic heterocycles. The summed E-state index contributed by atoms with van der Waals surface area (Å²) in [7, 11) is -2.16. The summed E-state index contributed by atoms with van der Waals surface area (Å²) in [6.45, 7) is 0. The van der Waals surface area contributed by atoms with Gasteiger partial charge in [-0.25, -0.2) is 13.1 Å². The molecule has 7 nitrogen and oxygen atoms in total. The molecular weight excluding hydrogens is 504 g/mol. The summed E-state index contributed by atoms with van der Waals surface area (Å²) in [4.78, 5) is 12.9. The van der Waals surface area contributed by atoms with E-state index < -0.39 is 56.3 Å². The average Bonchev–Trinajstić information content (AvgIpc) is 3.24. The zero-order valence-corrected chi connectivity index (χ0v) is 18.5. The van der Waals surface area contributed by atoms with Crippen LogP contribution in [-0.4, -0.2) is 31.2 Å². The highest BCUT2D eigenvalue weighted by atomic mass is 32.2. The van der Waals surface area contributed by atoms with Crippen molar-refractivity contribution in [1.82, 2.24) is 9.78 Å². The third-order valence-electron chi connectivity index (χ3n) is 5.19. The number of alkyl halides is 6. The highest BCUT2D eigenvalue weighted by Gasteiger charge is 2.38. The van der Waals surface area contributed by atoms with Crippen molar-refractivity contribution in [3.05, 3.63) is 70.4 Å². The minimum atomic E-state index is -5.14. The molecule has 1 aliphatic rings. The first-order valence-corrected chi connectivity index (χ1v) is 11.6. The zero-order chi connectivity index (χ0) is 25.8. The highest BCUT2D eigenvalue weighted by molar-refractivity contribution is 7.90. The van der Waals surface area contributed by atoms with E-state index in [9.17, 15) is 39.6 Å². The Kier molecular flexibility index (Phi) is 5.82. The monoisotopic (exact) mass is 519 g/mol. The Balaban J connectivity index is 1.79. The molecule has 3 aromatic rings. The van der Waals surface area contributed by atoms with Gasteiger partial charge in [0.1, 0.15) is 11.6 Å². The summed E-state index contributed by atoms with van der Waals surface area (Å²) in [6.07, 6.45) is -10.3. The molecular formula is C21H15F6N3O4S. The number of aromatic nitrogens is 2. The Labute approximate surface area is 194 Å². The number of amides is 1. The second kappa shape index (κ2) is 8.29. The minimum absolute atomic E-state index is 0.0946. The molecule has 0 saturated carbocycles. The van der Waals surface area contributed by atoms with Gasteiger partial charge < -0.3 is 10.1 Å². The predicted octanol–water partition coefficient (Wildman–Crippen LogP) is 4.60. The van der Waals surface area contributed by atoms with Crippen LogP contribution in [0, 0.1) is 0 Å². The minimum Gasteiger partial charge on any atom is -0.497 e. The first-order chi connectivity index (χ1) is 16.2. The Morgan fingerprint density at radius 1 is 0.971 bits per heavy atom. The molecule has 4 rings (SSSR count). The van der Waals surface area contributed by atoms with Crippen LogP contribution in [0.1, 0.15) is 32.7 Å². The topological polar surface area (TPSA) is 90.3 Å². The first kappa shape index (κ1) is 24.6. The molecule has 0 spiro atoms. The standard InChI is InChI=1S/C21H15F6N3O4S/c1-34-15-4-2-14(3-5-15)30-18(16-9-35(32,33)10-17(16)29-30)28-19(31)11-6-12(20(22,23)24)8-13(7-11)21(25,26)27/h2-8H,9-10H2,1H3,(H,28,31). The number of nitrogens with one attached hydrogen (secondary N) is 1. The van der Waals surface area contributed by atoms with Crippen LogP contribution in [0.25, 0.3) is 5.69 Å². The summed E-state index contributed by atoms with van der Waals surface area (Å²) in [5.41, 5.74) is -3.69. The fourth-order valence-electron chi connectivity index (χ4n) is 3.55. The number of nitrogens with zero attached hydrogens (tertiary/aromatic N) is 2. The Morgan fingerprint density at radius 2 is 1.54 bits per heavy atom. The van der Waals surface area contributed by atoms with Gasteiger partial charge in [0, 0.05) is 11.1 Å². The lowest BCUT2D eigenvalue weighted by Gasteiger charge is -2.15. The number of anilines is 1. The molecule has 35 heavy (non-hydrogen) atoms. The summed E-state index contributed by atoms with van der Waals surface area (Å²) in [5, 5.41) is 6.45. The Morgan fingerprint density at radius 3 is 2.06 bits per heavy atom. The van der Waals surface area contributed by atoms with Crippen molar-refractivity contribution >= 4 is 21.6 Å². The van der Waals surface area contributed by atoms with E-state index in [2.05, 4.69) is 10.4 Å². The third-order valence-corrected chi connectivity index (χ3v) is 6.63. The summed E-state index contributed by atoms with van der Waals surface area (Å²) < 4.78 is 110. The normalized spacial score (nSPS) is 15.1. The second-order valence-electron chi connectivity index (χ2n) is 7.66. The van der Waals surface area contributed by atoms with Crippen LogP contribution in [0.2, 0.25) is 0 Å². The van der Waals surface area contributed by atoms with E-state index >= 15 is 0 Å². The number of fused-ring (bicyclic) bond motifs is 1. The maximum absolute atomic E-state index is 13.2.